The summed E-state index contributed by atoms with van der Waals surface area (Å²) in [5.41, 5.74) is 6.66. The Bertz CT molecular complexity index is 1030. The Balaban J connectivity index is 1.85. The first-order chi connectivity index (χ1) is 13.3. The molecule has 144 valence electrons. The van der Waals surface area contributed by atoms with Crippen LogP contribution in [0, 0.1) is 15.9 Å². The smallest absolute Gasteiger partial charge is 0.274 e. The van der Waals surface area contributed by atoms with Gasteiger partial charge < -0.3 is 16.2 Å². The Morgan fingerprint density at radius 3 is 2.57 bits per heavy atom. The van der Waals surface area contributed by atoms with E-state index in [0.717, 1.165) is 21.4 Å². The van der Waals surface area contributed by atoms with Gasteiger partial charge in [-0.05, 0) is 48.0 Å². The van der Waals surface area contributed by atoms with Gasteiger partial charge in [-0.1, -0.05) is 23.4 Å². The van der Waals surface area contributed by atoms with Crippen molar-refractivity contribution < 1.29 is 14.4 Å². The van der Waals surface area contributed by atoms with Crippen molar-refractivity contribution in [1.82, 2.24) is 0 Å². The average Bonchev–Trinajstić information content (AvgIpc) is 2.66. The summed E-state index contributed by atoms with van der Waals surface area (Å²) in [7, 11) is 0. The third-order valence-electron chi connectivity index (χ3n) is 3.85. The van der Waals surface area contributed by atoms with E-state index >= 15 is 0 Å². The molecule has 0 aliphatic carbocycles. The zero-order valence-corrected chi connectivity index (χ0v) is 15.9. The van der Waals surface area contributed by atoms with Gasteiger partial charge in [0.05, 0.1) is 16.7 Å². The predicted octanol–water partition coefficient (Wildman–Crippen LogP) is 5.44. The number of nitro groups is 1. The molecule has 0 aliphatic rings. The molecular formula is C19H15ClFN3O3S. The fourth-order valence-electron chi connectivity index (χ4n) is 2.48. The summed E-state index contributed by atoms with van der Waals surface area (Å²) in [6.45, 7) is 0.176. The molecule has 0 atom stereocenters. The van der Waals surface area contributed by atoms with Crippen LogP contribution >= 0.6 is 23.4 Å². The van der Waals surface area contributed by atoms with Gasteiger partial charge >= 0.3 is 0 Å². The summed E-state index contributed by atoms with van der Waals surface area (Å²) in [5.74, 6) is -1.75. The molecule has 3 rings (SSSR count). The Morgan fingerprint density at radius 1 is 1.18 bits per heavy atom. The number of nitrogens with one attached hydrogen (secondary N) is 1. The van der Waals surface area contributed by atoms with Crippen molar-refractivity contribution in [3.8, 4) is 5.75 Å². The summed E-state index contributed by atoms with van der Waals surface area (Å²) >= 11 is 7.39. The Labute approximate surface area is 169 Å². The zero-order valence-electron chi connectivity index (χ0n) is 14.4. The highest BCUT2D eigenvalue weighted by Gasteiger charge is 2.16. The monoisotopic (exact) mass is 419 g/mol. The van der Waals surface area contributed by atoms with E-state index in [1.165, 1.54) is 11.8 Å². The molecule has 0 fully saturated rings. The van der Waals surface area contributed by atoms with Gasteiger partial charge in [-0.15, -0.1) is 0 Å². The Hall–Kier alpha value is -2.97. The number of nitrogens with zero attached hydrogens (tertiary/aromatic N) is 1. The second-order valence-corrected chi connectivity index (χ2v) is 7.41. The number of non-ortho nitro benzene ring substituents is 1. The first-order valence-corrected chi connectivity index (χ1v) is 9.25. The van der Waals surface area contributed by atoms with Crippen LogP contribution in [0.5, 0.6) is 5.75 Å². The van der Waals surface area contributed by atoms with E-state index in [4.69, 9.17) is 17.3 Å². The first kappa shape index (κ1) is 19.8. The number of phenols is 1. The van der Waals surface area contributed by atoms with E-state index in [1.807, 2.05) is 18.2 Å². The van der Waals surface area contributed by atoms with Crippen molar-refractivity contribution in [3.05, 3.63) is 81.1 Å². The van der Waals surface area contributed by atoms with Gasteiger partial charge in [0.1, 0.15) is 0 Å². The molecule has 0 amide bonds. The van der Waals surface area contributed by atoms with Crippen LogP contribution in [0.25, 0.3) is 0 Å². The summed E-state index contributed by atoms with van der Waals surface area (Å²) in [5, 5.41) is 24.3. The number of rotatable bonds is 6. The lowest BCUT2D eigenvalue weighted by atomic mass is 10.2. The second kappa shape index (κ2) is 8.37. The van der Waals surface area contributed by atoms with Crippen LogP contribution in [-0.2, 0) is 6.54 Å². The third kappa shape index (κ3) is 4.65. The Morgan fingerprint density at radius 2 is 1.89 bits per heavy atom. The highest BCUT2D eigenvalue weighted by atomic mass is 35.5. The van der Waals surface area contributed by atoms with Crippen LogP contribution in [0.3, 0.4) is 0 Å². The minimum Gasteiger partial charge on any atom is -0.503 e. The van der Waals surface area contributed by atoms with Crippen LogP contribution in [0.1, 0.15) is 5.56 Å². The van der Waals surface area contributed by atoms with E-state index in [9.17, 15) is 19.6 Å². The minimum absolute atomic E-state index is 0.0726. The molecule has 0 saturated heterocycles. The number of halogens is 2. The molecule has 0 aromatic heterocycles. The van der Waals surface area contributed by atoms with E-state index < -0.39 is 22.2 Å². The van der Waals surface area contributed by atoms with Gasteiger partial charge in [0, 0.05) is 33.1 Å². The van der Waals surface area contributed by atoms with Crippen LogP contribution in [0.4, 0.5) is 21.5 Å². The van der Waals surface area contributed by atoms with Crippen LogP contribution in [-0.4, -0.2) is 10.0 Å². The third-order valence-corrected chi connectivity index (χ3v) is 5.23. The van der Waals surface area contributed by atoms with Crippen molar-refractivity contribution in [2.75, 3.05) is 11.1 Å². The van der Waals surface area contributed by atoms with Gasteiger partial charge in [0.15, 0.2) is 11.6 Å². The van der Waals surface area contributed by atoms with Gasteiger partial charge in [-0.25, -0.2) is 4.39 Å². The number of aromatic hydroxyl groups is 1. The molecule has 0 heterocycles. The van der Waals surface area contributed by atoms with Gasteiger partial charge in [0.25, 0.3) is 5.69 Å². The SMILES string of the molecule is Nc1ccc(Sc2ccc(Cl)cc2)c(CNc2cc([N+](=O)[O-])cc(F)c2O)c1. The highest BCUT2D eigenvalue weighted by Crippen LogP contribution is 2.35. The van der Waals surface area contributed by atoms with E-state index in [-0.39, 0.29) is 12.2 Å². The molecule has 0 unspecified atom stereocenters. The van der Waals surface area contributed by atoms with Gasteiger partial charge in [0.2, 0.25) is 0 Å². The molecule has 28 heavy (non-hydrogen) atoms. The normalized spacial score (nSPS) is 10.6. The number of phenolic OH excluding ortho intramolecular Hbond substituents is 1. The highest BCUT2D eigenvalue weighted by molar-refractivity contribution is 7.99. The molecule has 3 aromatic rings. The lowest BCUT2D eigenvalue weighted by molar-refractivity contribution is -0.385. The summed E-state index contributed by atoms with van der Waals surface area (Å²) in [4.78, 5) is 12.0. The molecule has 0 spiro atoms. The number of hydrogen-bond acceptors (Lipinski definition) is 6. The molecule has 4 N–H and O–H groups in total. The van der Waals surface area contributed by atoms with E-state index in [2.05, 4.69) is 5.32 Å². The minimum atomic E-state index is -1.07. The molecule has 0 aliphatic heterocycles. The molecule has 9 heteroatoms. The van der Waals surface area contributed by atoms with Crippen LogP contribution in [0.15, 0.2) is 64.4 Å². The quantitative estimate of drug-likeness (QED) is 0.213. The van der Waals surface area contributed by atoms with Crippen molar-refractivity contribution in [2.24, 2.45) is 0 Å². The largest absolute Gasteiger partial charge is 0.503 e. The number of benzene rings is 3. The summed E-state index contributed by atoms with van der Waals surface area (Å²) in [6, 6.07) is 14.4. The molecular weight excluding hydrogens is 405 g/mol. The standard InChI is InChI=1S/C19H15ClFN3O3S/c20-12-1-4-15(5-2-12)28-18-6-3-13(22)7-11(18)10-23-17-9-14(24(26)27)8-16(21)19(17)25/h1-9,23,25H,10,22H2. The fraction of sp³-hybridized carbons (Fsp3) is 0.0526. The number of anilines is 2. The molecule has 0 saturated carbocycles. The van der Waals surface area contributed by atoms with Crippen LogP contribution < -0.4 is 11.1 Å². The Kier molecular flexibility index (Phi) is 5.91. The second-order valence-electron chi connectivity index (χ2n) is 5.86. The van der Waals surface area contributed by atoms with E-state index in [1.54, 1.807) is 24.3 Å². The number of nitrogens with two attached hydrogens (primary N) is 1. The topological polar surface area (TPSA) is 101 Å². The number of nitro benzene ring substituents is 1. The van der Waals surface area contributed by atoms with Gasteiger partial charge in [-0.3, -0.25) is 10.1 Å². The summed E-state index contributed by atoms with van der Waals surface area (Å²) < 4.78 is 13.8. The summed E-state index contributed by atoms with van der Waals surface area (Å²) in [6.07, 6.45) is 0. The zero-order chi connectivity index (χ0) is 20.3. The van der Waals surface area contributed by atoms with E-state index in [0.29, 0.717) is 16.8 Å². The van der Waals surface area contributed by atoms with Crippen molar-refractivity contribution in [2.45, 2.75) is 16.3 Å². The number of hydrogen-bond donors (Lipinski definition) is 3. The van der Waals surface area contributed by atoms with Crippen molar-refractivity contribution in [3.63, 3.8) is 0 Å². The van der Waals surface area contributed by atoms with Crippen molar-refractivity contribution in [1.29, 1.82) is 0 Å². The first-order valence-electron chi connectivity index (χ1n) is 8.06. The fourth-order valence-corrected chi connectivity index (χ4v) is 3.53. The van der Waals surface area contributed by atoms with Crippen molar-refractivity contribution >= 4 is 40.4 Å². The maximum atomic E-state index is 13.8. The molecule has 0 bridgehead atoms. The number of nitrogen functional groups attached to an aromatic ring is 1. The molecule has 0 radical (unpaired) electrons. The lowest BCUT2D eigenvalue weighted by Crippen LogP contribution is -2.03. The van der Waals surface area contributed by atoms with Gasteiger partial charge in [-0.2, -0.15) is 0 Å². The maximum absolute atomic E-state index is 13.8. The lowest BCUT2D eigenvalue weighted by Gasteiger charge is -2.13. The molecule has 6 nitrogen and oxygen atoms in total. The molecule has 3 aromatic carbocycles. The predicted molar refractivity (Wildman–Crippen MR) is 108 cm³/mol. The van der Waals surface area contributed by atoms with Crippen LogP contribution in [0.2, 0.25) is 5.02 Å². The maximum Gasteiger partial charge on any atom is 0.274 e. The average molecular weight is 420 g/mol.